The van der Waals surface area contributed by atoms with Crippen molar-refractivity contribution in [1.82, 2.24) is 0 Å². The van der Waals surface area contributed by atoms with E-state index in [0.29, 0.717) is 36.8 Å². The molecule has 0 aliphatic carbocycles. The van der Waals surface area contributed by atoms with Gasteiger partial charge in [-0.25, -0.2) is 0 Å². The third kappa shape index (κ3) is 5.60. The van der Waals surface area contributed by atoms with Crippen LogP contribution in [0.2, 0.25) is 0 Å². The summed E-state index contributed by atoms with van der Waals surface area (Å²) >= 11 is 0. The van der Waals surface area contributed by atoms with Gasteiger partial charge in [0.2, 0.25) is 5.91 Å². The fourth-order valence-electron chi connectivity index (χ4n) is 2.29. The summed E-state index contributed by atoms with van der Waals surface area (Å²) in [6.07, 6.45) is 0.349. The maximum absolute atomic E-state index is 12.1. The average Bonchev–Trinajstić information content (AvgIpc) is 2.63. The lowest BCUT2D eigenvalue weighted by Gasteiger charge is -2.11. The van der Waals surface area contributed by atoms with E-state index in [-0.39, 0.29) is 5.91 Å². The lowest BCUT2D eigenvalue weighted by Crippen LogP contribution is -2.16. The Kier molecular flexibility index (Phi) is 6.95. The number of ether oxygens (including phenoxy) is 3. The summed E-state index contributed by atoms with van der Waals surface area (Å²) in [7, 11) is 3.13. The molecule has 0 heterocycles. The number of rotatable bonds is 9. The van der Waals surface area contributed by atoms with E-state index in [1.165, 1.54) is 0 Å². The van der Waals surface area contributed by atoms with Gasteiger partial charge in [-0.3, -0.25) is 4.79 Å². The molecule has 0 aliphatic rings. The molecule has 0 aromatic heterocycles. The van der Waals surface area contributed by atoms with Crippen LogP contribution in [-0.4, -0.2) is 33.3 Å². The van der Waals surface area contributed by atoms with E-state index in [0.717, 1.165) is 11.4 Å². The summed E-state index contributed by atoms with van der Waals surface area (Å²) in [6.45, 7) is 3.12. The zero-order chi connectivity index (χ0) is 18.1. The van der Waals surface area contributed by atoms with E-state index in [1.54, 1.807) is 32.4 Å². The fraction of sp³-hybridized carbons (Fsp3) is 0.316. The molecular formula is C19H24N2O4. The van der Waals surface area contributed by atoms with Crippen LogP contribution >= 0.6 is 0 Å². The van der Waals surface area contributed by atoms with Gasteiger partial charge in [0.1, 0.15) is 5.75 Å². The Morgan fingerprint density at radius 3 is 2.28 bits per heavy atom. The molecular weight excluding hydrogens is 320 g/mol. The quantitative estimate of drug-likeness (QED) is 0.728. The molecule has 0 aliphatic heterocycles. The minimum absolute atomic E-state index is 0.0781. The molecule has 25 heavy (non-hydrogen) atoms. The van der Waals surface area contributed by atoms with Crippen molar-refractivity contribution in [3.05, 3.63) is 42.5 Å². The minimum atomic E-state index is -0.0781. The van der Waals surface area contributed by atoms with Crippen LogP contribution in [0.25, 0.3) is 0 Å². The van der Waals surface area contributed by atoms with Crippen LogP contribution in [-0.2, 0) is 4.79 Å². The van der Waals surface area contributed by atoms with Crippen LogP contribution in [0.5, 0.6) is 17.2 Å². The highest BCUT2D eigenvalue weighted by Crippen LogP contribution is 2.29. The molecule has 0 radical (unpaired) electrons. The van der Waals surface area contributed by atoms with Gasteiger partial charge in [0, 0.05) is 30.4 Å². The Morgan fingerprint density at radius 1 is 0.960 bits per heavy atom. The number of hydrogen-bond acceptors (Lipinski definition) is 5. The standard InChI is InChI=1S/C19H24N2O4/c1-4-25-16-8-5-14(6-9-16)20-12-11-19(22)21-15-7-10-17(23-2)18(13-15)24-3/h5-10,13,20H,4,11-12H2,1-3H3,(H,21,22). The van der Waals surface area contributed by atoms with Gasteiger partial charge in [0.05, 0.1) is 20.8 Å². The van der Waals surface area contributed by atoms with Gasteiger partial charge in [0.15, 0.2) is 11.5 Å². The molecule has 0 saturated carbocycles. The molecule has 0 atom stereocenters. The first-order chi connectivity index (χ1) is 12.2. The van der Waals surface area contributed by atoms with Crippen molar-refractivity contribution in [2.75, 3.05) is 38.0 Å². The van der Waals surface area contributed by atoms with Crippen LogP contribution < -0.4 is 24.8 Å². The van der Waals surface area contributed by atoms with Crippen molar-refractivity contribution < 1.29 is 19.0 Å². The third-order valence-electron chi connectivity index (χ3n) is 3.51. The Morgan fingerprint density at radius 2 is 1.64 bits per heavy atom. The van der Waals surface area contributed by atoms with Gasteiger partial charge in [-0.05, 0) is 43.3 Å². The smallest absolute Gasteiger partial charge is 0.226 e. The number of anilines is 2. The van der Waals surface area contributed by atoms with Crippen LogP contribution in [0.3, 0.4) is 0 Å². The van der Waals surface area contributed by atoms with Crippen molar-refractivity contribution in [2.45, 2.75) is 13.3 Å². The molecule has 2 rings (SSSR count). The first-order valence-electron chi connectivity index (χ1n) is 8.15. The molecule has 2 aromatic carbocycles. The van der Waals surface area contributed by atoms with E-state index in [4.69, 9.17) is 14.2 Å². The van der Waals surface area contributed by atoms with Gasteiger partial charge >= 0.3 is 0 Å². The second kappa shape index (κ2) is 9.42. The summed E-state index contributed by atoms with van der Waals surface area (Å²) in [4.78, 5) is 12.1. The number of hydrogen-bond donors (Lipinski definition) is 2. The van der Waals surface area contributed by atoms with E-state index in [2.05, 4.69) is 10.6 Å². The molecule has 0 fully saturated rings. The normalized spacial score (nSPS) is 10.0. The Labute approximate surface area is 148 Å². The van der Waals surface area contributed by atoms with Crippen LogP contribution in [0.15, 0.2) is 42.5 Å². The second-order valence-corrected chi connectivity index (χ2v) is 5.25. The van der Waals surface area contributed by atoms with E-state index >= 15 is 0 Å². The summed E-state index contributed by atoms with van der Waals surface area (Å²) in [5.74, 6) is 1.95. The zero-order valence-electron chi connectivity index (χ0n) is 14.8. The van der Waals surface area contributed by atoms with Crippen LogP contribution in [0.1, 0.15) is 13.3 Å². The molecule has 2 aromatic rings. The Balaban J connectivity index is 1.80. The second-order valence-electron chi connectivity index (χ2n) is 5.25. The van der Waals surface area contributed by atoms with Gasteiger partial charge in [0.25, 0.3) is 0 Å². The Hall–Kier alpha value is -2.89. The van der Waals surface area contributed by atoms with Crippen molar-refractivity contribution in [1.29, 1.82) is 0 Å². The molecule has 6 nitrogen and oxygen atoms in total. The topological polar surface area (TPSA) is 68.8 Å². The number of amides is 1. The predicted octanol–water partition coefficient (Wildman–Crippen LogP) is 3.54. The summed E-state index contributed by atoms with van der Waals surface area (Å²) in [6, 6.07) is 12.9. The summed E-state index contributed by atoms with van der Waals surface area (Å²) < 4.78 is 15.8. The monoisotopic (exact) mass is 344 g/mol. The third-order valence-corrected chi connectivity index (χ3v) is 3.51. The predicted molar refractivity (Wildman–Crippen MR) is 98.9 cm³/mol. The first kappa shape index (κ1) is 18.4. The maximum atomic E-state index is 12.1. The molecule has 0 spiro atoms. The van der Waals surface area contributed by atoms with Gasteiger partial charge < -0.3 is 24.8 Å². The fourth-order valence-corrected chi connectivity index (χ4v) is 2.29. The van der Waals surface area contributed by atoms with Crippen molar-refractivity contribution in [3.8, 4) is 17.2 Å². The van der Waals surface area contributed by atoms with Gasteiger partial charge in [-0.15, -0.1) is 0 Å². The first-order valence-corrected chi connectivity index (χ1v) is 8.15. The SMILES string of the molecule is CCOc1ccc(NCCC(=O)Nc2ccc(OC)c(OC)c2)cc1. The molecule has 0 unspecified atom stereocenters. The van der Waals surface area contributed by atoms with Crippen LogP contribution in [0, 0.1) is 0 Å². The molecule has 0 bridgehead atoms. The number of nitrogens with one attached hydrogen (secondary N) is 2. The molecule has 2 N–H and O–H groups in total. The summed E-state index contributed by atoms with van der Waals surface area (Å²) in [5.41, 5.74) is 1.62. The minimum Gasteiger partial charge on any atom is -0.494 e. The number of carbonyl (C=O) groups excluding carboxylic acids is 1. The average molecular weight is 344 g/mol. The van der Waals surface area contributed by atoms with Gasteiger partial charge in [-0.2, -0.15) is 0 Å². The molecule has 6 heteroatoms. The lowest BCUT2D eigenvalue weighted by molar-refractivity contribution is -0.115. The summed E-state index contributed by atoms with van der Waals surface area (Å²) in [5, 5.41) is 6.06. The van der Waals surface area contributed by atoms with Gasteiger partial charge in [-0.1, -0.05) is 0 Å². The highest BCUT2D eigenvalue weighted by Gasteiger charge is 2.07. The van der Waals surface area contributed by atoms with Crippen molar-refractivity contribution in [3.63, 3.8) is 0 Å². The Bertz CT molecular complexity index is 686. The molecule has 134 valence electrons. The van der Waals surface area contributed by atoms with Crippen LogP contribution in [0.4, 0.5) is 11.4 Å². The molecule has 1 amide bonds. The largest absolute Gasteiger partial charge is 0.494 e. The van der Waals surface area contributed by atoms with E-state index < -0.39 is 0 Å². The van der Waals surface area contributed by atoms with E-state index in [9.17, 15) is 4.79 Å². The lowest BCUT2D eigenvalue weighted by atomic mass is 10.2. The molecule has 0 saturated heterocycles. The zero-order valence-corrected chi connectivity index (χ0v) is 14.8. The number of benzene rings is 2. The van der Waals surface area contributed by atoms with E-state index in [1.807, 2.05) is 31.2 Å². The number of carbonyl (C=O) groups is 1. The highest BCUT2D eigenvalue weighted by atomic mass is 16.5. The van der Waals surface area contributed by atoms with Crippen molar-refractivity contribution in [2.24, 2.45) is 0 Å². The number of methoxy groups -OCH3 is 2. The maximum Gasteiger partial charge on any atom is 0.226 e. The highest BCUT2D eigenvalue weighted by molar-refractivity contribution is 5.91. The van der Waals surface area contributed by atoms with Crippen molar-refractivity contribution >= 4 is 17.3 Å².